The van der Waals surface area contributed by atoms with Crippen LogP contribution in [-0.2, 0) is 11.1 Å². The number of hydrogen-bond donors (Lipinski definition) is 1. The zero-order chi connectivity index (χ0) is 13.1. The van der Waals surface area contributed by atoms with Gasteiger partial charge in [0.15, 0.2) is 0 Å². The summed E-state index contributed by atoms with van der Waals surface area (Å²) in [5, 5.41) is 10.6. The van der Waals surface area contributed by atoms with E-state index >= 15 is 0 Å². The van der Waals surface area contributed by atoms with Crippen molar-refractivity contribution in [2.24, 2.45) is 0 Å². The van der Waals surface area contributed by atoms with Gasteiger partial charge in [-0.15, -0.1) is 0 Å². The number of nitrogens with zero attached hydrogens (tertiary/aromatic N) is 3. The SMILES string of the molecule is FC(F)(F)n1ncc2cn[c]([Na])cc21.O=CO. The first-order valence-corrected chi connectivity index (χ1v) is 5.35. The van der Waals surface area contributed by atoms with Crippen molar-refractivity contribution in [3.8, 4) is 0 Å². The van der Waals surface area contributed by atoms with Crippen LogP contribution in [0, 0.1) is 0 Å². The van der Waals surface area contributed by atoms with Gasteiger partial charge in [-0.25, -0.2) is 0 Å². The van der Waals surface area contributed by atoms with Crippen LogP contribution in [-0.4, -0.2) is 54.3 Å². The Kier molecular flexibility index (Phi) is 4.49. The van der Waals surface area contributed by atoms with E-state index in [1.807, 2.05) is 0 Å². The molecule has 1 N–H and O–H groups in total. The van der Waals surface area contributed by atoms with Gasteiger partial charge in [0.1, 0.15) is 0 Å². The van der Waals surface area contributed by atoms with Gasteiger partial charge in [0, 0.05) is 0 Å². The molecule has 0 aromatic carbocycles. The zero-order valence-electron chi connectivity index (χ0n) is 8.64. The molecule has 2 aromatic rings. The molecule has 0 aliphatic heterocycles. The topological polar surface area (TPSA) is 68.0 Å². The maximum atomic E-state index is 12.4. The van der Waals surface area contributed by atoms with Crippen LogP contribution in [0.2, 0.25) is 0 Å². The van der Waals surface area contributed by atoms with E-state index in [1.54, 1.807) is 0 Å². The summed E-state index contributed by atoms with van der Waals surface area (Å²) in [4.78, 5) is 12.3. The quantitative estimate of drug-likeness (QED) is 0.546. The molecule has 9 heteroatoms. The van der Waals surface area contributed by atoms with Crippen molar-refractivity contribution in [3.05, 3.63) is 18.5 Å². The summed E-state index contributed by atoms with van der Waals surface area (Å²) >= 11 is 0.620. The fraction of sp³-hybridized carbons (Fsp3) is 0.125. The number of aromatic nitrogens is 3. The molecule has 0 spiro atoms. The minimum Gasteiger partial charge on any atom is -0.483 e. The molecule has 0 atom stereocenters. The predicted octanol–water partition coefficient (Wildman–Crippen LogP) is 0.402. The molecule has 2 heterocycles. The van der Waals surface area contributed by atoms with Gasteiger partial charge in [0.2, 0.25) is 0 Å². The normalized spacial score (nSPS) is 10.9. The average Bonchev–Trinajstić information content (AvgIpc) is 2.60. The smallest absolute Gasteiger partial charge is 0.290 e. The monoisotopic (exact) mass is 255 g/mol. The van der Waals surface area contributed by atoms with Crippen LogP contribution in [0.5, 0.6) is 0 Å². The molecule has 0 amide bonds. The third-order valence-corrected chi connectivity index (χ3v) is 2.38. The van der Waals surface area contributed by atoms with Crippen LogP contribution in [0.1, 0.15) is 0 Å². The van der Waals surface area contributed by atoms with E-state index in [0.717, 1.165) is 6.20 Å². The molecular formula is C8H5F3N3NaO2. The summed E-state index contributed by atoms with van der Waals surface area (Å²) in [5.74, 6) is 0. The molecule has 0 bridgehead atoms. The Morgan fingerprint density at radius 2 is 2.00 bits per heavy atom. The Balaban J connectivity index is 0.000000437. The van der Waals surface area contributed by atoms with Gasteiger partial charge in [-0.1, -0.05) is 0 Å². The van der Waals surface area contributed by atoms with Crippen molar-refractivity contribution in [1.82, 2.24) is 14.8 Å². The summed E-state index contributed by atoms with van der Waals surface area (Å²) in [7, 11) is 0. The summed E-state index contributed by atoms with van der Waals surface area (Å²) < 4.78 is 37.9. The molecule has 86 valence electrons. The molecule has 0 aliphatic carbocycles. The number of carbonyl (C=O) groups is 1. The van der Waals surface area contributed by atoms with Crippen LogP contribution in [0.25, 0.3) is 10.9 Å². The van der Waals surface area contributed by atoms with Gasteiger partial charge >= 0.3 is 94.5 Å². The van der Waals surface area contributed by atoms with Crippen LogP contribution >= 0.6 is 0 Å². The number of carboxylic acid groups (broad SMARTS) is 1. The number of rotatable bonds is 0. The van der Waals surface area contributed by atoms with Gasteiger partial charge in [-0.2, -0.15) is 0 Å². The van der Waals surface area contributed by atoms with E-state index in [-0.39, 0.29) is 16.7 Å². The third kappa shape index (κ3) is 3.42. The van der Waals surface area contributed by atoms with Gasteiger partial charge < -0.3 is 5.11 Å². The van der Waals surface area contributed by atoms with Crippen LogP contribution < -0.4 is 2.94 Å². The fourth-order valence-corrected chi connectivity index (χ4v) is 1.63. The second-order valence-corrected chi connectivity index (χ2v) is 4.04. The van der Waals surface area contributed by atoms with Crippen molar-refractivity contribution >= 4 is 48.2 Å². The Bertz CT molecular complexity index is 526. The molecule has 17 heavy (non-hydrogen) atoms. The maximum Gasteiger partial charge on any atom is 0.290 e. The maximum absolute atomic E-state index is 12.4. The Morgan fingerprint density at radius 1 is 1.41 bits per heavy atom. The Morgan fingerprint density at radius 3 is 2.53 bits per heavy atom. The predicted molar refractivity (Wildman–Crippen MR) is 52.9 cm³/mol. The van der Waals surface area contributed by atoms with Crippen LogP contribution in [0.15, 0.2) is 18.5 Å². The van der Waals surface area contributed by atoms with E-state index in [1.165, 1.54) is 12.3 Å². The van der Waals surface area contributed by atoms with Gasteiger partial charge in [-0.05, 0) is 0 Å². The second-order valence-electron chi connectivity index (χ2n) is 3.01. The first-order valence-electron chi connectivity index (χ1n) is 4.35. The van der Waals surface area contributed by atoms with Gasteiger partial charge in [0.25, 0.3) is 6.47 Å². The number of halogens is 3. The van der Waals surface area contributed by atoms with Gasteiger partial charge in [-0.3, -0.25) is 4.79 Å². The van der Waals surface area contributed by atoms with Crippen molar-refractivity contribution in [2.45, 2.75) is 6.30 Å². The number of pyridine rings is 1. The molecule has 5 nitrogen and oxygen atoms in total. The van der Waals surface area contributed by atoms with Crippen molar-refractivity contribution in [2.75, 3.05) is 0 Å². The van der Waals surface area contributed by atoms with Crippen LogP contribution in [0.3, 0.4) is 0 Å². The third-order valence-electron chi connectivity index (χ3n) is 1.83. The van der Waals surface area contributed by atoms with Gasteiger partial charge in [0.05, 0.1) is 0 Å². The largest absolute Gasteiger partial charge is 0.483 e. The number of alkyl halides is 3. The van der Waals surface area contributed by atoms with Crippen molar-refractivity contribution < 1.29 is 23.1 Å². The molecule has 0 saturated heterocycles. The summed E-state index contributed by atoms with van der Waals surface area (Å²) in [6.45, 7) is -0.250. The standard InChI is InChI=1S/C7H3F3N3.CH2O2.Na/c8-7(9,10)13-6-1-2-11-3-5(6)4-12-13;2-1-3;/h1,3-4H;1H,(H,2,3);. The molecule has 0 unspecified atom stereocenters. The van der Waals surface area contributed by atoms with E-state index < -0.39 is 6.30 Å². The summed E-state index contributed by atoms with van der Waals surface area (Å²) in [6, 6.07) is 1.42. The van der Waals surface area contributed by atoms with E-state index in [2.05, 4.69) is 10.1 Å². The first-order chi connectivity index (χ1) is 7.90. The molecule has 2 aromatic heterocycles. The second kappa shape index (κ2) is 5.48. The minimum atomic E-state index is -4.46. The van der Waals surface area contributed by atoms with E-state index in [0.29, 0.717) is 36.3 Å². The summed E-state index contributed by atoms with van der Waals surface area (Å²) in [6.07, 6.45) is -1.89. The van der Waals surface area contributed by atoms with Crippen LogP contribution in [0.4, 0.5) is 13.2 Å². The number of hydrogen-bond acceptors (Lipinski definition) is 3. The first kappa shape index (κ1) is 13.9. The summed E-state index contributed by atoms with van der Waals surface area (Å²) in [5.41, 5.74) is 0.0671. The van der Waals surface area contributed by atoms with Crippen molar-refractivity contribution in [1.29, 1.82) is 0 Å². The Labute approximate surface area is 111 Å². The zero-order valence-corrected chi connectivity index (χ0v) is 10.6. The van der Waals surface area contributed by atoms with Crippen molar-refractivity contribution in [3.63, 3.8) is 0 Å². The average molecular weight is 255 g/mol. The molecule has 0 fully saturated rings. The van der Waals surface area contributed by atoms with E-state index in [9.17, 15) is 13.2 Å². The van der Waals surface area contributed by atoms with E-state index in [4.69, 9.17) is 9.90 Å². The molecule has 0 radical (unpaired) electrons. The Hall–Kier alpha value is -1.12. The molecule has 2 rings (SSSR count). The minimum absolute atomic E-state index is 0.0609. The number of fused-ring (bicyclic) bond motifs is 1. The molecular weight excluding hydrogens is 250 g/mol. The fourth-order valence-electron chi connectivity index (χ4n) is 1.22. The molecule has 0 aliphatic rings. The molecule has 0 saturated carbocycles.